The maximum atomic E-state index is 5.77. The first kappa shape index (κ1) is 14.2. The molecule has 0 aliphatic heterocycles. The van der Waals surface area contributed by atoms with Gasteiger partial charge in [-0.15, -0.1) is 0 Å². The maximum absolute atomic E-state index is 5.77. The molecular formula is C15H26N2. The highest BCUT2D eigenvalue weighted by molar-refractivity contribution is 5.22. The molecular weight excluding hydrogens is 208 g/mol. The zero-order valence-electron chi connectivity index (χ0n) is 11.4. The van der Waals surface area contributed by atoms with E-state index in [1.165, 1.54) is 24.0 Å². The fraction of sp³-hybridized carbons (Fsp3) is 0.600. The molecule has 0 saturated heterocycles. The SMILES string of the molecule is CCCc1ccc(CCN(C)CC(C)N)cc1. The van der Waals surface area contributed by atoms with Crippen molar-refractivity contribution in [2.24, 2.45) is 5.73 Å². The van der Waals surface area contributed by atoms with Crippen molar-refractivity contribution in [1.29, 1.82) is 0 Å². The zero-order chi connectivity index (χ0) is 12.7. The van der Waals surface area contributed by atoms with Crippen molar-refractivity contribution in [1.82, 2.24) is 4.90 Å². The van der Waals surface area contributed by atoms with Crippen molar-refractivity contribution in [2.75, 3.05) is 20.1 Å². The summed E-state index contributed by atoms with van der Waals surface area (Å²) in [7, 11) is 2.13. The van der Waals surface area contributed by atoms with Crippen LogP contribution in [0.2, 0.25) is 0 Å². The number of rotatable bonds is 7. The number of nitrogens with two attached hydrogens (primary N) is 1. The van der Waals surface area contributed by atoms with Gasteiger partial charge in [0.2, 0.25) is 0 Å². The van der Waals surface area contributed by atoms with E-state index in [0.29, 0.717) is 0 Å². The Bertz CT molecular complexity index is 303. The van der Waals surface area contributed by atoms with Crippen LogP contribution in [-0.2, 0) is 12.8 Å². The number of nitrogens with zero attached hydrogens (tertiary/aromatic N) is 1. The van der Waals surface area contributed by atoms with Gasteiger partial charge in [-0.1, -0.05) is 37.6 Å². The van der Waals surface area contributed by atoms with Crippen LogP contribution in [0.1, 0.15) is 31.4 Å². The summed E-state index contributed by atoms with van der Waals surface area (Å²) in [5, 5.41) is 0. The number of likely N-dealkylation sites (N-methyl/N-ethyl adjacent to an activating group) is 1. The molecule has 0 radical (unpaired) electrons. The van der Waals surface area contributed by atoms with E-state index >= 15 is 0 Å². The summed E-state index contributed by atoms with van der Waals surface area (Å²) < 4.78 is 0. The van der Waals surface area contributed by atoms with E-state index in [2.05, 4.69) is 50.1 Å². The van der Waals surface area contributed by atoms with Crippen LogP contribution in [0.15, 0.2) is 24.3 Å². The first-order valence-corrected chi connectivity index (χ1v) is 6.63. The van der Waals surface area contributed by atoms with E-state index in [1.54, 1.807) is 0 Å². The van der Waals surface area contributed by atoms with Crippen LogP contribution < -0.4 is 5.73 Å². The summed E-state index contributed by atoms with van der Waals surface area (Å²) in [4.78, 5) is 2.30. The lowest BCUT2D eigenvalue weighted by Crippen LogP contribution is -2.34. The summed E-state index contributed by atoms with van der Waals surface area (Å²) in [5.41, 5.74) is 8.64. The van der Waals surface area contributed by atoms with E-state index in [9.17, 15) is 0 Å². The summed E-state index contributed by atoms with van der Waals surface area (Å²) in [5.74, 6) is 0. The maximum Gasteiger partial charge on any atom is 0.0139 e. The summed E-state index contributed by atoms with van der Waals surface area (Å²) in [6, 6.07) is 9.27. The normalized spacial score (nSPS) is 13.0. The Balaban J connectivity index is 2.36. The molecule has 2 heteroatoms. The molecule has 0 amide bonds. The van der Waals surface area contributed by atoms with Crippen LogP contribution in [0.5, 0.6) is 0 Å². The quantitative estimate of drug-likeness (QED) is 0.785. The van der Waals surface area contributed by atoms with Gasteiger partial charge in [0, 0.05) is 19.1 Å². The van der Waals surface area contributed by atoms with Gasteiger partial charge >= 0.3 is 0 Å². The van der Waals surface area contributed by atoms with Gasteiger partial charge in [-0.3, -0.25) is 0 Å². The second kappa shape index (κ2) is 7.46. The lowest BCUT2D eigenvalue weighted by Gasteiger charge is -2.18. The van der Waals surface area contributed by atoms with Crippen molar-refractivity contribution >= 4 is 0 Å². The summed E-state index contributed by atoms with van der Waals surface area (Å²) >= 11 is 0. The average Bonchev–Trinajstić information content (AvgIpc) is 2.28. The van der Waals surface area contributed by atoms with E-state index in [1.807, 2.05) is 0 Å². The first-order valence-electron chi connectivity index (χ1n) is 6.63. The molecule has 1 aromatic carbocycles. The Kier molecular flexibility index (Phi) is 6.23. The highest BCUT2D eigenvalue weighted by Gasteiger charge is 2.02. The highest BCUT2D eigenvalue weighted by atomic mass is 15.1. The minimum atomic E-state index is 0.256. The minimum Gasteiger partial charge on any atom is -0.327 e. The third-order valence-electron chi connectivity index (χ3n) is 2.94. The monoisotopic (exact) mass is 234 g/mol. The van der Waals surface area contributed by atoms with E-state index in [4.69, 9.17) is 5.73 Å². The molecule has 0 aliphatic carbocycles. The van der Waals surface area contributed by atoms with E-state index < -0.39 is 0 Å². The van der Waals surface area contributed by atoms with Crippen molar-refractivity contribution < 1.29 is 0 Å². The molecule has 1 aromatic rings. The molecule has 1 rings (SSSR count). The predicted molar refractivity (Wildman–Crippen MR) is 75.3 cm³/mol. The second-order valence-electron chi connectivity index (χ2n) is 5.06. The highest BCUT2D eigenvalue weighted by Crippen LogP contribution is 2.07. The van der Waals surface area contributed by atoms with Crippen LogP contribution in [0.25, 0.3) is 0 Å². The van der Waals surface area contributed by atoms with Crippen LogP contribution in [0, 0.1) is 0 Å². The molecule has 0 aliphatic rings. The van der Waals surface area contributed by atoms with Gasteiger partial charge in [-0.05, 0) is 37.9 Å². The van der Waals surface area contributed by atoms with Gasteiger partial charge < -0.3 is 10.6 Å². The van der Waals surface area contributed by atoms with Crippen LogP contribution in [0.3, 0.4) is 0 Å². The average molecular weight is 234 g/mol. The molecule has 0 saturated carbocycles. The Labute approximate surface area is 106 Å². The third-order valence-corrected chi connectivity index (χ3v) is 2.94. The Hall–Kier alpha value is -0.860. The van der Waals surface area contributed by atoms with E-state index in [-0.39, 0.29) is 6.04 Å². The van der Waals surface area contributed by atoms with E-state index in [0.717, 1.165) is 19.5 Å². The van der Waals surface area contributed by atoms with Crippen LogP contribution >= 0.6 is 0 Å². The van der Waals surface area contributed by atoms with Crippen molar-refractivity contribution in [2.45, 2.75) is 39.2 Å². The van der Waals surface area contributed by atoms with Gasteiger partial charge in [-0.25, -0.2) is 0 Å². The summed E-state index contributed by atoms with van der Waals surface area (Å²) in [6.07, 6.45) is 3.51. The Morgan fingerprint density at radius 1 is 1.12 bits per heavy atom. The lowest BCUT2D eigenvalue weighted by molar-refractivity contribution is 0.321. The smallest absolute Gasteiger partial charge is 0.0139 e. The van der Waals surface area contributed by atoms with Crippen molar-refractivity contribution in [3.05, 3.63) is 35.4 Å². The number of hydrogen-bond acceptors (Lipinski definition) is 2. The molecule has 0 spiro atoms. The number of hydrogen-bond donors (Lipinski definition) is 1. The number of benzene rings is 1. The first-order chi connectivity index (χ1) is 8.11. The molecule has 0 aromatic heterocycles. The van der Waals surface area contributed by atoms with Gasteiger partial charge in [0.15, 0.2) is 0 Å². The second-order valence-corrected chi connectivity index (χ2v) is 5.06. The minimum absolute atomic E-state index is 0.256. The fourth-order valence-corrected chi connectivity index (χ4v) is 2.06. The van der Waals surface area contributed by atoms with Crippen molar-refractivity contribution in [3.8, 4) is 0 Å². The van der Waals surface area contributed by atoms with Crippen LogP contribution in [0.4, 0.5) is 0 Å². The zero-order valence-corrected chi connectivity index (χ0v) is 11.4. The third kappa shape index (κ3) is 5.85. The molecule has 1 atom stereocenters. The molecule has 2 nitrogen and oxygen atoms in total. The number of aryl methyl sites for hydroxylation is 1. The molecule has 2 N–H and O–H groups in total. The topological polar surface area (TPSA) is 29.3 Å². The molecule has 0 heterocycles. The van der Waals surface area contributed by atoms with Crippen LogP contribution in [-0.4, -0.2) is 31.1 Å². The van der Waals surface area contributed by atoms with Gasteiger partial charge in [0.1, 0.15) is 0 Å². The fourth-order valence-electron chi connectivity index (χ4n) is 2.06. The molecule has 1 unspecified atom stereocenters. The van der Waals surface area contributed by atoms with Crippen molar-refractivity contribution in [3.63, 3.8) is 0 Å². The van der Waals surface area contributed by atoms with Gasteiger partial charge in [0.25, 0.3) is 0 Å². The molecule has 17 heavy (non-hydrogen) atoms. The Morgan fingerprint density at radius 2 is 1.65 bits per heavy atom. The van der Waals surface area contributed by atoms with Gasteiger partial charge in [0.05, 0.1) is 0 Å². The standard InChI is InChI=1S/C15H26N2/c1-4-5-14-6-8-15(9-7-14)10-11-17(3)12-13(2)16/h6-9,13H,4-5,10-12,16H2,1-3H3. The van der Waals surface area contributed by atoms with Gasteiger partial charge in [-0.2, -0.15) is 0 Å². The molecule has 0 bridgehead atoms. The predicted octanol–water partition coefficient (Wildman–Crippen LogP) is 2.46. The largest absolute Gasteiger partial charge is 0.327 e. The Morgan fingerprint density at radius 3 is 2.12 bits per heavy atom. The lowest BCUT2D eigenvalue weighted by atomic mass is 10.1. The molecule has 0 fully saturated rings. The molecule has 96 valence electrons. The summed E-state index contributed by atoms with van der Waals surface area (Å²) in [6.45, 7) is 6.31.